The van der Waals surface area contributed by atoms with Crippen molar-refractivity contribution in [2.75, 3.05) is 18.4 Å². The smallest absolute Gasteiger partial charge is 0.416 e. The lowest BCUT2D eigenvalue weighted by Crippen LogP contribution is -2.48. The van der Waals surface area contributed by atoms with E-state index in [0.717, 1.165) is 44.2 Å². The number of alkyl halides is 3. The van der Waals surface area contributed by atoms with E-state index in [4.69, 9.17) is 4.42 Å². The third-order valence-corrected chi connectivity index (χ3v) is 7.12. The number of carbonyl (C=O) groups is 3. The third kappa shape index (κ3) is 8.12. The summed E-state index contributed by atoms with van der Waals surface area (Å²) in [5.74, 6) is -1.86. The summed E-state index contributed by atoms with van der Waals surface area (Å²) < 4.78 is 44.9. The quantitative estimate of drug-likeness (QED) is 0.211. The van der Waals surface area contributed by atoms with Crippen LogP contribution in [-0.4, -0.2) is 42.0 Å². The van der Waals surface area contributed by atoms with Gasteiger partial charge in [0.25, 0.3) is 5.91 Å². The molecule has 11 heteroatoms. The fourth-order valence-electron chi connectivity index (χ4n) is 5.01. The number of hydrogen-bond donors (Lipinski definition) is 4. The molecule has 4 N–H and O–H groups in total. The van der Waals surface area contributed by atoms with Gasteiger partial charge >= 0.3 is 12.1 Å². The highest BCUT2D eigenvalue weighted by molar-refractivity contribution is 5.96. The highest BCUT2D eigenvalue weighted by Gasteiger charge is 2.31. The molecule has 1 heterocycles. The second kappa shape index (κ2) is 13.4. The summed E-state index contributed by atoms with van der Waals surface area (Å²) in [4.78, 5) is 37.6. The molecule has 1 fully saturated rings. The Labute approximate surface area is 235 Å². The van der Waals surface area contributed by atoms with Crippen LogP contribution in [0.25, 0.3) is 11.3 Å². The Morgan fingerprint density at radius 2 is 1.71 bits per heavy atom. The van der Waals surface area contributed by atoms with Crippen molar-refractivity contribution < 1.29 is 37.1 Å². The van der Waals surface area contributed by atoms with Gasteiger partial charge in [0.1, 0.15) is 11.8 Å². The van der Waals surface area contributed by atoms with Crippen LogP contribution in [0.1, 0.15) is 65.0 Å². The van der Waals surface area contributed by atoms with Crippen LogP contribution in [0.4, 0.5) is 18.9 Å². The van der Waals surface area contributed by atoms with E-state index >= 15 is 0 Å². The molecule has 41 heavy (non-hydrogen) atoms. The topological polar surface area (TPSA) is 121 Å². The van der Waals surface area contributed by atoms with Crippen molar-refractivity contribution in [2.24, 2.45) is 5.92 Å². The van der Waals surface area contributed by atoms with Gasteiger partial charge in [-0.1, -0.05) is 56.4 Å². The largest absolute Gasteiger partial charge is 0.478 e. The van der Waals surface area contributed by atoms with E-state index < -0.39 is 29.7 Å². The normalized spacial score (nSPS) is 14.7. The zero-order valence-corrected chi connectivity index (χ0v) is 22.3. The molecule has 2 amide bonds. The van der Waals surface area contributed by atoms with Crippen molar-refractivity contribution in [3.63, 3.8) is 0 Å². The Hall–Kier alpha value is -4.28. The van der Waals surface area contributed by atoms with Crippen LogP contribution in [0, 0.1) is 5.92 Å². The van der Waals surface area contributed by atoms with E-state index in [0.29, 0.717) is 12.1 Å². The van der Waals surface area contributed by atoms with Crippen LogP contribution in [0.2, 0.25) is 0 Å². The van der Waals surface area contributed by atoms with Gasteiger partial charge in [-0.05, 0) is 48.7 Å². The molecular weight excluding hydrogens is 539 g/mol. The molecule has 1 unspecified atom stereocenters. The molecule has 3 aromatic rings. The molecule has 1 atom stereocenters. The maximum atomic E-state index is 13.1. The zero-order chi connectivity index (χ0) is 29.4. The average Bonchev–Trinajstić information content (AvgIpc) is 3.46. The van der Waals surface area contributed by atoms with Gasteiger partial charge in [0.15, 0.2) is 5.76 Å². The minimum atomic E-state index is -4.52. The number of carbonyl (C=O) groups excluding carboxylic acids is 2. The SMILES string of the molecule is O=C(NC(CC1CCCCC1)C(=O)NCCNc1ccccc1C(=O)O)c1ccc(-c2cccc(C(F)(F)F)c2)o1. The number of halogens is 3. The Morgan fingerprint density at radius 1 is 0.951 bits per heavy atom. The zero-order valence-electron chi connectivity index (χ0n) is 22.3. The van der Waals surface area contributed by atoms with Crippen LogP contribution in [0.3, 0.4) is 0 Å². The van der Waals surface area contributed by atoms with Crippen molar-refractivity contribution in [3.05, 3.63) is 77.6 Å². The van der Waals surface area contributed by atoms with Gasteiger partial charge in [-0.25, -0.2) is 4.79 Å². The second-order valence-electron chi connectivity index (χ2n) is 10.1. The summed E-state index contributed by atoms with van der Waals surface area (Å²) in [6.07, 6.45) is 1.07. The standard InChI is InChI=1S/C30H32F3N3O5/c31-30(32,33)21-10-6-9-20(18-21)25-13-14-26(41-25)28(38)36-24(17-19-7-2-1-3-8-19)27(37)35-16-15-34-23-12-5-4-11-22(23)29(39)40/h4-6,9-14,18-19,24,34H,1-3,7-8,15-17H2,(H,35,37)(H,36,38)(H,39,40). The Morgan fingerprint density at radius 3 is 2.44 bits per heavy atom. The first-order chi connectivity index (χ1) is 19.6. The van der Waals surface area contributed by atoms with E-state index in [1.807, 2.05) is 0 Å². The minimum Gasteiger partial charge on any atom is -0.478 e. The van der Waals surface area contributed by atoms with Crippen molar-refractivity contribution in [1.82, 2.24) is 10.6 Å². The number of furan rings is 1. The fraction of sp³-hybridized carbons (Fsp3) is 0.367. The maximum Gasteiger partial charge on any atom is 0.416 e. The molecule has 218 valence electrons. The number of carboxylic acid groups (broad SMARTS) is 1. The van der Waals surface area contributed by atoms with Crippen molar-refractivity contribution in [1.29, 1.82) is 0 Å². The van der Waals surface area contributed by atoms with E-state index in [1.54, 1.807) is 18.2 Å². The van der Waals surface area contributed by atoms with Crippen LogP contribution in [-0.2, 0) is 11.0 Å². The summed E-state index contributed by atoms with van der Waals surface area (Å²) in [5, 5.41) is 17.9. The van der Waals surface area contributed by atoms with Crippen LogP contribution in [0.15, 0.2) is 65.1 Å². The maximum absolute atomic E-state index is 13.1. The van der Waals surface area contributed by atoms with Crippen molar-refractivity contribution >= 4 is 23.5 Å². The number of benzene rings is 2. The Kier molecular flexibility index (Phi) is 9.69. The minimum absolute atomic E-state index is 0.0993. The van der Waals surface area contributed by atoms with Crippen LogP contribution in [0.5, 0.6) is 0 Å². The predicted molar refractivity (Wildman–Crippen MR) is 146 cm³/mol. The molecule has 0 spiro atoms. The van der Waals surface area contributed by atoms with E-state index in [-0.39, 0.29) is 47.6 Å². The Bertz CT molecular complexity index is 1370. The first-order valence-electron chi connectivity index (χ1n) is 13.5. The number of anilines is 1. The number of amides is 2. The number of para-hydroxylation sites is 1. The van der Waals surface area contributed by atoms with Crippen molar-refractivity contribution in [3.8, 4) is 11.3 Å². The van der Waals surface area contributed by atoms with E-state index in [9.17, 15) is 32.7 Å². The number of nitrogens with one attached hydrogen (secondary N) is 3. The molecule has 0 saturated heterocycles. The molecule has 1 aliphatic carbocycles. The predicted octanol–water partition coefficient (Wildman–Crippen LogP) is 5.96. The van der Waals surface area contributed by atoms with Gasteiger partial charge < -0.3 is 25.5 Å². The lowest BCUT2D eigenvalue weighted by atomic mass is 9.84. The van der Waals surface area contributed by atoms with Gasteiger partial charge in [-0.2, -0.15) is 13.2 Å². The number of aromatic carboxylic acids is 1. The molecule has 1 aromatic heterocycles. The summed E-state index contributed by atoms with van der Waals surface area (Å²) in [7, 11) is 0. The Balaban J connectivity index is 1.40. The molecule has 4 rings (SSSR count). The summed E-state index contributed by atoms with van der Waals surface area (Å²) in [6, 6.07) is 13.0. The molecule has 0 radical (unpaired) electrons. The first-order valence-corrected chi connectivity index (χ1v) is 13.5. The van der Waals surface area contributed by atoms with Gasteiger partial charge in [-0.15, -0.1) is 0 Å². The molecular formula is C30H32F3N3O5. The first kappa shape index (κ1) is 29.7. The highest BCUT2D eigenvalue weighted by Crippen LogP contribution is 2.33. The van der Waals surface area contributed by atoms with Crippen molar-refractivity contribution in [2.45, 2.75) is 50.7 Å². The summed E-state index contributed by atoms with van der Waals surface area (Å²) >= 11 is 0. The lowest BCUT2D eigenvalue weighted by molar-refractivity contribution is -0.137. The number of hydrogen-bond acceptors (Lipinski definition) is 5. The van der Waals surface area contributed by atoms with Crippen LogP contribution >= 0.6 is 0 Å². The molecule has 1 saturated carbocycles. The number of carboxylic acids is 1. The molecule has 1 aliphatic rings. The molecule has 8 nitrogen and oxygen atoms in total. The fourth-order valence-corrected chi connectivity index (χ4v) is 5.01. The van der Waals surface area contributed by atoms with Gasteiger partial charge in [0.2, 0.25) is 5.91 Å². The van der Waals surface area contributed by atoms with Crippen LogP contribution < -0.4 is 16.0 Å². The van der Waals surface area contributed by atoms with Gasteiger partial charge in [0, 0.05) is 24.3 Å². The lowest BCUT2D eigenvalue weighted by Gasteiger charge is -2.26. The molecule has 0 aliphatic heterocycles. The summed E-state index contributed by atoms with van der Waals surface area (Å²) in [5.41, 5.74) is -0.116. The highest BCUT2D eigenvalue weighted by atomic mass is 19.4. The monoisotopic (exact) mass is 571 g/mol. The third-order valence-electron chi connectivity index (χ3n) is 7.12. The van der Waals surface area contributed by atoms with Gasteiger partial charge in [0.05, 0.1) is 11.1 Å². The number of rotatable bonds is 11. The second-order valence-corrected chi connectivity index (χ2v) is 10.1. The molecule has 2 aromatic carbocycles. The van der Waals surface area contributed by atoms with E-state index in [1.165, 1.54) is 30.3 Å². The average molecular weight is 572 g/mol. The molecule has 0 bridgehead atoms. The summed E-state index contributed by atoms with van der Waals surface area (Å²) in [6.45, 7) is 0.447. The van der Waals surface area contributed by atoms with Gasteiger partial charge in [-0.3, -0.25) is 9.59 Å². The van der Waals surface area contributed by atoms with E-state index in [2.05, 4.69) is 16.0 Å².